The van der Waals surface area contributed by atoms with E-state index >= 15 is 0 Å². The van der Waals surface area contributed by atoms with E-state index in [2.05, 4.69) is 0 Å². The van der Waals surface area contributed by atoms with Crippen molar-refractivity contribution in [2.45, 2.75) is 32.8 Å². The van der Waals surface area contributed by atoms with Gasteiger partial charge in [-0.15, -0.1) is 0 Å². The minimum atomic E-state index is -0.934. The number of aliphatic hydroxyl groups excluding tert-OH is 1. The molecule has 1 atom stereocenters. The highest BCUT2D eigenvalue weighted by molar-refractivity contribution is 4.95. The van der Waals surface area contributed by atoms with Crippen LogP contribution >= 0.6 is 0 Å². The molecule has 1 nitrogen and oxygen atoms in total. The fraction of sp³-hybridized carbons (Fsp3) is 0.714. The Morgan fingerprint density at radius 1 is 1.78 bits per heavy atom. The van der Waals surface area contributed by atoms with Crippen LogP contribution in [0, 0.1) is 0 Å². The molecule has 0 aromatic rings. The van der Waals surface area contributed by atoms with Crippen molar-refractivity contribution in [3.63, 3.8) is 0 Å². The predicted molar refractivity (Wildman–Crippen MR) is 35.8 cm³/mol. The summed E-state index contributed by atoms with van der Waals surface area (Å²) < 4.78 is 12.3. The highest BCUT2D eigenvalue weighted by Crippen LogP contribution is 2.04. The quantitative estimate of drug-likeness (QED) is 0.622. The smallest absolute Gasteiger partial charge is 0.124 e. The Bertz CT molecular complexity index is 97.1. The molecule has 0 aliphatic rings. The second kappa shape index (κ2) is 4.50. The molecule has 9 heavy (non-hydrogen) atoms. The summed E-state index contributed by atoms with van der Waals surface area (Å²) in [6.45, 7) is 3.38. The van der Waals surface area contributed by atoms with Gasteiger partial charge in [-0.25, -0.2) is 4.39 Å². The van der Waals surface area contributed by atoms with Crippen LogP contribution in [0.2, 0.25) is 0 Å². The zero-order valence-corrected chi connectivity index (χ0v) is 5.89. The first-order valence-electron chi connectivity index (χ1n) is 3.22. The van der Waals surface area contributed by atoms with Crippen molar-refractivity contribution in [3.05, 3.63) is 11.9 Å². The molecule has 0 aliphatic carbocycles. The lowest BCUT2D eigenvalue weighted by molar-refractivity contribution is 0.201. The molecule has 0 spiro atoms. The lowest BCUT2D eigenvalue weighted by Gasteiger charge is -1.97. The lowest BCUT2D eigenvalue weighted by Crippen LogP contribution is -1.98. The van der Waals surface area contributed by atoms with E-state index in [-0.39, 0.29) is 0 Å². The van der Waals surface area contributed by atoms with Crippen LogP contribution in [-0.4, -0.2) is 11.2 Å². The lowest BCUT2D eigenvalue weighted by atomic mass is 10.2. The molecule has 0 fully saturated rings. The van der Waals surface area contributed by atoms with E-state index in [1.165, 1.54) is 13.0 Å². The van der Waals surface area contributed by atoms with Crippen molar-refractivity contribution in [2.24, 2.45) is 0 Å². The summed E-state index contributed by atoms with van der Waals surface area (Å²) in [6.07, 6.45) is 2.11. The van der Waals surface area contributed by atoms with E-state index in [1.807, 2.05) is 6.92 Å². The zero-order valence-electron chi connectivity index (χ0n) is 5.89. The summed E-state index contributed by atoms with van der Waals surface area (Å²) in [5, 5.41) is 8.60. The minimum absolute atomic E-state index is 0.420. The first-order chi connectivity index (χ1) is 4.18. The third kappa shape index (κ3) is 4.15. The summed E-state index contributed by atoms with van der Waals surface area (Å²) >= 11 is 0. The largest absolute Gasteiger partial charge is 0.386 e. The van der Waals surface area contributed by atoms with Crippen LogP contribution in [0.3, 0.4) is 0 Å². The normalized spacial score (nSPS) is 15.8. The van der Waals surface area contributed by atoms with Crippen LogP contribution in [0.15, 0.2) is 11.9 Å². The Balaban J connectivity index is 3.55. The molecule has 0 heterocycles. The van der Waals surface area contributed by atoms with Gasteiger partial charge in [0.05, 0.1) is 0 Å². The first kappa shape index (κ1) is 8.63. The standard InChI is InChI=1S/C7H13FO/c1-3-4-5-7(8)6(2)9/h5-6,9H,3-4H2,1-2H3/b7-5+. The molecule has 0 rings (SSSR count). The Morgan fingerprint density at radius 3 is 2.67 bits per heavy atom. The molecule has 0 aliphatic heterocycles. The van der Waals surface area contributed by atoms with Crippen molar-refractivity contribution in [1.82, 2.24) is 0 Å². The van der Waals surface area contributed by atoms with Crippen molar-refractivity contribution in [2.75, 3.05) is 0 Å². The van der Waals surface area contributed by atoms with Gasteiger partial charge in [-0.3, -0.25) is 0 Å². The Kier molecular flexibility index (Phi) is 4.32. The number of hydrogen-bond acceptors (Lipinski definition) is 1. The summed E-state index contributed by atoms with van der Waals surface area (Å²) in [5.41, 5.74) is 0. The van der Waals surface area contributed by atoms with Crippen molar-refractivity contribution >= 4 is 0 Å². The number of rotatable bonds is 3. The van der Waals surface area contributed by atoms with Crippen LogP contribution in [0.5, 0.6) is 0 Å². The van der Waals surface area contributed by atoms with Crippen molar-refractivity contribution in [1.29, 1.82) is 0 Å². The van der Waals surface area contributed by atoms with Crippen molar-refractivity contribution < 1.29 is 9.50 Å². The molecule has 0 aromatic carbocycles. The molecule has 0 saturated heterocycles. The second-order valence-electron chi connectivity index (χ2n) is 2.05. The molecule has 0 amide bonds. The number of allylic oxidation sites excluding steroid dienone is 1. The van der Waals surface area contributed by atoms with E-state index in [0.717, 1.165) is 6.42 Å². The van der Waals surface area contributed by atoms with Crippen LogP contribution in [0.25, 0.3) is 0 Å². The molecule has 1 unspecified atom stereocenters. The van der Waals surface area contributed by atoms with E-state index in [0.29, 0.717) is 6.42 Å². The molecule has 0 aromatic heterocycles. The maximum Gasteiger partial charge on any atom is 0.124 e. The summed E-state index contributed by atoms with van der Waals surface area (Å²) in [6, 6.07) is 0. The van der Waals surface area contributed by atoms with Gasteiger partial charge in [0.25, 0.3) is 0 Å². The fourth-order valence-corrected chi connectivity index (χ4v) is 0.453. The van der Waals surface area contributed by atoms with Gasteiger partial charge < -0.3 is 5.11 Å². The van der Waals surface area contributed by atoms with Gasteiger partial charge in [0, 0.05) is 0 Å². The number of halogens is 1. The Labute approximate surface area is 55.2 Å². The van der Waals surface area contributed by atoms with Gasteiger partial charge in [-0.05, 0) is 13.3 Å². The molecule has 0 bridgehead atoms. The van der Waals surface area contributed by atoms with Crippen LogP contribution in [-0.2, 0) is 0 Å². The zero-order chi connectivity index (χ0) is 7.28. The first-order valence-corrected chi connectivity index (χ1v) is 3.22. The third-order valence-electron chi connectivity index (χ3n) is 1.03. The van der Waals surface area contributed by atoms with Gasteiger partial charge >= 0.3 is 0 Å². The number of unbranched alkanes of at least 4 members (excludes halogenated alkanes) is 1. The average molecular weight is 132 g/mol. The van der Waals surface area contributed by atoms with Crippen LogP contribution in [0.4, 0.5) is 4.39 Å². The summed E-state index contributed by atoms with van der Waals surface area (Å²) in [5.74, 6) is -0.420. The molecular weight excluding hydrogens is 119 g/mol. The highest BCUT2D eigenvalue weighted by Gasteiger charge is 1.99. The SMILES string of the molecule is CCC/C=C(/F)C(C)O. The predicted octanol–water partition coefficient (Wildman–Crippen LogP) is 2.02. The maximum absolute atomic E-state index is 12.3. The van der Waals surface area contributed by atoms with Gasteiger partial charge in [-0.1, -0.05) is 19.4 Å². The van der Waals surface area contributed by atoms with Gasteiger partial charge in [0.15, 0.2) is 0 Å². The van der Waals surface area contributed by atoms with Crippen LogP contribution < -0.4 is 0 Å². The fourth-order valence-electron chi connectivity index (χ4n) is 0.453. The van der Waals surface area contributed by atoms with Crippen LogP contribution in [0.1, 0.15) is 26.7 Å². The topological polar surface area (TPSA) is 20.2 Å². The Morgan fingerprint density at radius 2 is 2.33 bits per heavy atom. The minimum Gasteiger partial charge on any atom is -0.386 e. The number of hydrogen-bond donors (Lipinski definition) is 1. The van der Waals surface area contributed by atoms with Crippen molar-refractivity contribution in [3.8, 4) is 0 Å². The molecule has 1 N–H and O–H groups in total. The van der Waals surface area contributed by atoms with Gasteiger partial charge in [-0.2, -0.15) is 0 Å². The van der Waals surface area contributed by atoms with E-state index in [9.17, 15) is 4.39 Å². The summed E-state index contributed by atoms with van der Waals surface area (Å²) in [4.78, 5) is 0. The third-order valence-corrected chi connectivity index (χ3v) is 1.03. The van der Waals surface area contributed by atoms with E-state index in [1.54, 1.807) is 0 Å². The van der Waals surface area contributed by atoms with Gasteiger partial charge in [0.1, 0.15) is 11.9 Å². The maximum atomic E-state index is 12.3. The number of aliphatic hydroxyl groups is 1. The monoisotopic (exact) mass is 132 g/mol. The average Bonchev–Trinajstić information content (AvgIpc) is 1.82. The van der Waals surface area contributed by atoms with E-state index < -0.39 is 11.9 Å². The van der Waals surface area contributed by atoms with E-state index in [4.69, 9.17) is 5.11 Å². The van der Waals surface area contributed by atoms with Gasteiger partial charge in [0.2, 0.25) is 0 Å². The second-order valence-corrected chi connectivity index (χ2v) is 2.05. The molecular formula is C7H13FO. The molecule has 2 heteroatoms. The molecule has 0 radical (unpaired) electrons. The Hall–Kier alpha value is -0.370. The highest BCUT2D eigenvalue weighted by atomic mass is 19.1. The summed E-state index contributed by atoms with van der Waals surface area (Å²) in [7, 11) is 0. The molecule has 0 saturated carbocycles. The molecule has 54 valence electrons.